The van der Waals surface area contributed by atoms with Crippen LogP contribution in [0.5, 0.6) is 28.7 Å². The predicted molar refractivity (Wildman–Crippen MR) is 103 cm³/mol. The van der Waals surface area contributed by atoms with E-state index < -0.39 is 0 Å². The van der Waals surface area contributed by atoms with Crippen LogP contribution in [0.25, 0.3) is 0 Å². The minimum absolute atomic E-state index is 0.0476. The summed E-state index contributed by atoms with van der Waals surface area (Å²) in [6.07, 6.45) is 0.945. The normalized spacial score (nSPS) is 11.9. The molecule has 0 saturated heterocycles. The molecule has 150 valence electrons. The number of methoxy groups -OCH3 is 3. The molecule has 3 rings (SSSR count). The summed E-state index contributed by atoms with van der Waals surface area (Å²) in [5.41, 5.74) is 1.94. The van der Waals surface area contributed by atoms with Crippen LogP contribution in [0, 0.1) is 0 Å². The van der Waals surface area contributed by atoms with Gasteiger partial charge in [0, 0.05) is 20.0 Å². The Morgan fingerprint density at radius 2 is 1.64 bits per heavy atom. The van der Waals surface area contributed by atoms with Gasteiger partial charge in [0.2, 0.25) is 18.4 Å². The van der Waals surface area contributed by atoms with Gasteiger partial charge in [-0.25, -0.2) is 0 Å². The number of carbonyl (C=O) groups excluding carboxylic acids is 1. The summed E-state index contributed by atoms with van der Waals surface area (Å²) in [4.78, 5) is 14.3. The fraction of sp³-hybridized carbons (Fsp3) is 0.381. The molecule has 2 aromatic rings. The van der Waals surface area contributed by atoms with Crippen molar-refractivity contribution in [1.29, 1.82) is 0 Å². The van der Waals surface area contributed by atoms with Crippen LogP contribution in [-0.4, -0.2) is 46.0 Å². The molecule has 1 aliphatic rings. The Balaban J connectivity index is 1.61. The average molecular weight is 387 g/mol. The van der Waals surface area contributed by atoms with Crippen LogP contribution in [-0.2, 0) is 17.8 Å². The highest BCUT2D eigenvalue weighted by Gasteiger charge is 2.17. The molecule has 0 unspecified atom stereocenters. The minimum atomic E-state index is 0.0476. The third-order valence-corrected chi connectivity index (χ3v) is 4.63. The summed E-state index contributed by atoms with van der Waals surface area (Å²) < 4.78 is 26.8. The van der Waals surface area contributed by atoms with Gasteiger partial charge >= 0.3 is 0 Å². The summed E-state index contributed by atoms with van der Waals surface area (Å²) in [5.74, 6) is 3.21. The molecule has 0 N–H and O–H groups in total. The van der Waals surface area contributed by atoms with E-state index >= 15 is 0 Å². The molecule has 2 aromatic carbocycles. The number of ether oxygens (including phenoxy) is 5. The fourth-order valence-corrected chi connectivity index (χ4v) is 3.12. The van der Waals surface area contributed by atoms with Crippen LogP contribution in [0.2, 0.25) is 0 Å². The highest BCUT2D eigenvalue weighted by molar-refractivity contribution is 5.76. The first kappa shape index (κ1) is 19.7. The lowest BCUT2D eigenvalue weighted by Crippen LogP contribution is -2.26. The van der Waals surface area contributed by atoms with Gasteiger partial charge in [0.25, 0.3) is 0 Å². The van der Waals surface area contributed by atoms with Crippen LogP contribution >= 0.6 is 0 Å². The van der Waals surface area contributed by atoms with Crippen molar-refractivity contribution in [2.75, 3.05) is 35.2 Å². The van der Waals surface area contributed by atoms with Gasteiger partial charge in [0.05, 0.1) is 21.3 Å². The van der Waals surface area contributed by atoms with Crippen molar-refractivity contribution >= 4 is 5.91 Å². The standard InChI is InChI=1S/C21H25NO6/c1-22(12-15-5-7-16-17(11-15)28-13-27-16)20(23)8-6-14-9-18(24-2)21(26-4)19(10-14)25-3/h5,7,9-11H,6,8,12-13H2,1-4H3. The molecule has 0 bridgehead atoms. The second-order valence-corrected chi connectivity index (χ2v) is 6.47. The van der Waals surface area contributed by atoms with Crippen molar-refractivity contribution in [3.63, 3.8) is 0 Å². The van der Waals surface area contributed by atoms with Gasteiger partial charge in [-0.1, -0.05) is 6.07 Å². The summed E-state index contributed by atoms with van der Waals surface area (Å²) in [5, 5.41) is 0. The lowest BCUT2D eigenvalue weighted by atomic mass is 10.1. The molecular formula is C21H25NO6. The summed E-state index contributed by atoms with van der Waals surface area (Å²) in [6.45, 7) is 0.743. The van der Waals surface area contributed by atoms with E-state index in [1.165, 1.54) is 0 Å². The van der Waals surface area contributed by atoms with E-state index in [1.807, 2.05) is 30.3 Å². The zero-order valence-corrected chi connectivity index (χ0v) is 16.6. The Hall–Kier alpha value is -3.09. The van der Waals surface area contributed by atoms with E-state index in [9.17, 15) is 4.79 Å². The number of hydrogen-bond donors (Lipinski definition) is 0. The maximum atomic E-state index is 12.6. The molecule has 1 heterocycles. The van der Waals surface area contributed by atoms with Gasteiger partial charge < -0.3 is 28.6 Å². The molecule has 1 aliphatic heterocycles. The number of amides is 1. The molecule has 28 heavy (non-hydrogen) atoms. The van der Waals surface area contributed by atoms with Crippen molar-refractivity contribution in [3.05, 3.63) is 41.5 Å². The number of nitrogens with zero attached hydrogens (tertiary/aromatic N) is 1. The Morgan fingerprint density at radius 3 is 2.29 bits per heavy atom. The highest BCUT2D eigenvalue weighted by atomic mass is 16.7. The third kappa shape index (κ3) is 4.24. The summed E-state index contributed by atoms with van der Waals surface area (Å²) >= 11 is 0. The van der Waals surface area contributed by atoms with Crippen molar-refractivity contribution in [1.82, 2.24) is 4.90 Å². The number of hydrogen-bond acceptors (Lipinski definition) is 6. The van der Waals surface area contributed by atoms with Gasteiger partial charge in [-0.15, -0.1) is 0 Å². The molecule has 0 atom stereocenters. The van der Waals surface area contributed by atoms with Crippen LogP contribution < -0.4 is 23.7 Å². The van der Waals surface area contributed by atoms with E-state index in [4.69, 9.17) is 23.7 Å². The molecule has 7 heteroatoms. The lowest BCUT2D eigenvalue weighted by molar-refractivity contribution is -0.130. The van der Waals surface area contributed by atoms with Gasteiger partial charge in [-0.05, 0) is 41.8 Å². The Kier molecular flexibility index (Phi) is 6.13. The Morgan fingerprint density at radius 1 is 0.964 bits per heavy atom. The second kappa shape index (κ2) is 8.73. The van der Waals surface area contributed by atoms with Gasteiger partial charge in [0.1, 0.15) is 0 Å². The van der Waals surface area contributed by atoms with E-state index in [2.05, 4.69) is 0 Å². The van der Waals surface area contributed by atoms with Crippen molar-refractivity contribution in [3.8, 4) is 28.7 Å². The van der Waals surface area contributed by atoms with E-state index in [-0.39, 0.29) is 12.7 Å². The zero-order chi connectivity index (χ0) is 20.1. The molecule has 7 nitrogen and oxygen atoms in total. The molecule has 0 saturated carbocycles. The number of aryl methyl sites for hydroxylation is 1. The highest BCUT2D eigenvalue weighted by Crippen LogP contribution is 2.38. The van der Waals surface area contributed by atoms with Crippen molar-refractivity contribution in [2.45, 2.75) is 19.4 Å². The van der Waals surface area contributed by atoms with Crippen LogP contribution in [0.1, 0.15) is 17.5 Å². The Labute approximate surface area is 164 Å². The smallest absolute Gasteiger partial charge is 0.231 e. The lowest BCUT2D eigenvalue weighted by Gasteiger charge is -2.18. The molecule has 0 fully saturated rings. The van der Waals surface area contributed by atoms with Crippen LogP contribution in [0.4, 0.5) is 0 Å². The quantitative estimate of drug-likeness (QED) is 0.694. The van der Waals surface area contributed by atoms with Gasteiger partial charge in [-0.2, -0.15) is 0 Å². The van der Waals surface area contributed by atoms with E-state index in [0.29, 0.717) is 36.6 Å². The predicted octanol–water partition coefficient (Wildman–Crippen LogP) is 3.03. The number of benzene rings is 2. The second-order valence-electron chi connectivity index (χ2n) is 6.47. The molecule has 0 radical (unpaired) electrons. The summed E-state index contributed by atoms with van der Waals surface area (Å²) in [6, 6.07) is 9.45. The maximum absolute atomic E-state index is 12.6. The van der Waals surface area contributed by atoms with Gasteiger partial charge in [0.15, 0.2) is 23.0 Å². The van der Waals surface area contributed by atoms with E-state index in [1.54, 1.807) is 33.3 Å². The SMILES string of the molecule is COc1cc(CCC(=O)N(C)Cc2ccc3c(c2)OCO3)cc(OC)c1OC. The molecule has 0 aromatic heterocycles. The summed E-state index contributed by atoms with van der Waals surface area (Å²) in [7, 11) is 6.51. The van der Waals surface area contributed by atoms with Crippen molar-refractivity contribution in [2.24, 2.45) is 0 Å². The molecule has 0 spiro atoms. The number of carbonyl (C=O) groups is 1. The Bertz CT molecular complexity index is 826. The number of fused-ring (bicyclic) bond motifs is 1. The van der Waals surface area contributed by atoms with Gasteiger partial charge in [-0.3, -0.25) is 4.79 Å². The minimum Gasteiger partial charge on any atom is -0.493 e. The average Bonchev–Trinajstić information content (AvgIpc) is 3.18. The first-order valence-corrected chi connectivity index (χ1v) is 8.97. The number of rotatable bonds is 8. The molecular weight excluding hydrogens is 362 g/mol. The van der Waals surface area contributed by atoms with E-state index in [0.717, 1.165) is 22.6 Å². The van der Waals surface area contributed by atoms with Crippen molar-refractivity contribution < 1.29 is 28.5 Å². The first-order valence-electron chi connectivity index (χ1n) is 8.97. The maximum Gasteiger partial charge on any atom is 0.231 e. The molecule has 1 amide bonds. The fourth-order valence-electron chi connectivity index (χ4n) is 3.12. The largest absolute Gasteiger partial charge is 0.493 e. The third-order valence-electron chi connectivity index (χ3n) is 4.63. The van der Waals surface area contributed by atoms with Crippen LogP contribution in [0.15, 0.2) is 30.3 Å². The van der Waals surface area contributed by atoms with Crippen LogP contribution in [0.3, 0.4) is 0 Å². The molecule has 0 aliphatic carbocycles. The first-order chi connectivity index (χ1) is 13.5. The monoisotopic (exact) mass is 387 g/mol. The topological polar surface area (TPSA) is 66.5 Å². The zero-order valence-electron chi connectivity index (χ0n) is 16.6.